The minimum atomic E-state index is -3.90. The second kappa shape index (κ2) is 11.3. The third kappa shape index (κ3) is 7.41. The van der Waals surface area contributed by atoms with Crippen LogP contribution in [0.3, 0.4) is 0 Å². The Morgan fingerprint density at radius 2 is 1.15 bits per heavy atom. The molecule has 0 aliphatic rings. The van der Waals surface area contributed by atoms with Crippen LogP contribution in [0.2, 0.25) is 0 Å². The Kier molecular flexibility index (Phi) is 8.03. The molecule has 0 heterocycles. The highest BCUT2D eigenvalue weighted by Gasteiger charge is 2.25. The van der Waals surface area contributed by atoms with E-state index in [4.69, 9.17) is 13.1 Å². The van der Waals surface area contributed by atoms with Gasteiger partial charge in [0, 0.05) is 5.56 Å². The van der Waals surface area contributed by atoms with Crippen molar-refractivity contribution in [3.8, 4) is 45.3 Å². The van der Waals surface area contributed by atoms with Gasteiger partial charge in [-0.1, -0.05) is 36.4 Å². The molecule has 4 aromatic rings. The lowest BCUT2D eigenvalue weighted by Gasteiger charge is -2.16. The number of benzene rings is 4. The molecule has 11 nitrogen and oxygen atoms in total. The third-order valence-electron chi connectivity index (χ3n) is 5.48. The fourth-order valence-electron chi connectivity index (χ4n) is 3.98. The average molecular weight is 599 g/mol. The van der Waals surface area contributed by atoms with Crippen LogP contribution in [0.1, 0.15) is 20.7 Å². The maximum atomic E-state index is 12.4. The van der Waals surface area contributed by atoms with Crippen LogP contribution in [0.4, 0.5) is 0 Å². The largest absolute Gasteiger partial charge is 0.478 e. The zero-order valence-electron chi connectivity index (χ0n) is 21.5. The molecule has 4 rings (SSSR count). The molecule has 0 atom stereocenters. The predicted octanol–water partition coefficient (Wildman–Crippen LogP) is 4.89. The van der Waals surface area contributed by atoms with Gasteiger partial charge in [-0.15, -0.1) is 0 Å². The van der Waals surface area contributed by atoms with E-state index < -0.39 is 37.7 Å². The van der Waals surface area contributed by atoms with E-state index in [1.54, 1.807) is 36.4 Å². The summed E-state index contributed by atoms with van der Waals surface area (Å²) in [5, 5.41) is 19.9. The summed E-state index contributed by atoms with van der Waals surface area (Å²) < 4.78 is 61.7. The summed E-state index contributed by atoms with van der Waals surface area (Å²) in [6, 6.07) is 20.6. The quantitative estimate of drug-likeness (QED) is 0.238. The molecule has 0 amide bonds. The summed E-state index contributed by atoms with van der Waals surface area (Å²) in [4.78, 5) is 24.4. The third-order valence-corrected chi connectivity index (χ3v) is 6.47. The minimum absolute atomic E-state index is 0.0814. The van der Waals surface area contributed by atoms with Gasteiger partial charge in [0.25, 0.3) is 0 Å². The molecule has 0 saturated carbocycles. The van der Waals surface area contributed by atoms with Crippen LogP contribution >= 0.6 is 0 Å². The molecule has 0 aliphatic carbocycles. The monoisotopic (exact) mass is 598 g/mol. The summed E-state index contributed by atoms with van der Waals surface area (Å²) in [6.45, 7) is 0. The zero-order chi connectivity index (χ0) is 29.9. The molecule has 0 saturated heterocycles. The molecule has 0 radical (unpaired) electrons. The van der Waals surface area contributed by atoms with Crippen molar-refractivity contribution in [1.82, 2.24) is 0 Å². The minimum Gasteiger partial charge on any atom is -0.478 e. The number of rotatable bonds is 10. The summed E-state index contributed by atoms with van der Waals surface area (Å²) in [7, 11) is -7.61. The van der Waals surface area contributed by atoms with Crippen LogP contribution in [-0.4, -0.2) is 51.5 Å². The van der Waals surface area contributed by atoms with E-state index in [2.05, 4.69) is 0 Å². The maximum Gasteiger partial charge on any atom is 0.340 e. The van der Waals surface area contributed by atoms with Gasteiger partial charge >= 0.3 is 32.2 Å². The van der Waals surface area contributed by atoms with Crippen molar-refractivity contribution in [2.45, 2.75) is 0 Å². The van der Waals surface area contributed by atoms with Crippen molar-refractivity contribution in [2.75, 3.05) is 12.5 Å². The van der Waals surface area contributed by atoms with Crippen molar-refractivity contribution in [2.24, 2.45) is 0 Å². The lowest BCUT2D eigenvalue weighted by atomic mass is 9.93. The molecule has 0 aromatic heterocycles. The molecule has 41 heavy (non-hydrogen) atoms. The number of carboxylic acids is 2. The topological polar surface area (TPSA) is 171 Å². The van der Waals surface area contributed by atoms with Crippen LogP contribution in [0, 0.1) is 0 Å². The summed E-state index contributed by atoms with van der Waals surface area (Å²) >= 11 is 0. The van der Waals surface area contributed by atoms with Gasteiger partial charge in [-0.05, 0) is 65.2 Å². The van der Waals surface area contributed by atoms with Crippen LogP contribution in [0.5, 0.6) is 23.0 Å². The van der Waals surface area contributed by atoms with Gasteiger partial charge in [-0.3, -0.25) is 0 Å². The Bertz CT molecular complexity index is 1860. The van der Waals surface area contributed by atoms with Crippen LogP contribution in [-0.2, 0) is 20.2 Å². The maximum absolute atomic E-state index is 12.4. The van der Waals surface area contributed by atoms with Crippen molar-refractivity contribution >= 4 is 32.2 Å². The Morgan fingerprint density at radius 1 is 0.610 bits per heavy atom. The molecule has 2 N–H and O–H groups in total. The second-order valence-electron chi connectivity index (χ2n) is 8.73. The highest BCUT2D eigenvalue weighted by Crippen LogP contribution is 2.38. The van der Waals surface area contributed by atoms with Gasteiger partial charge in [-0.25, -0.2) is 9.59 Å². The highest BCUT2D eigenvalue weighted by molar-refractivity contribution is 7.86. The molecule has 4 aromatic carbocycles. The van der Waals surface area contributed by atoms with Crippen molar-refractivity contribution in [1.29, 1.82) is 0 Å². The van der Waals surface area contributed by atoms with Crippen LogP contribution < -0.4 is 13.1 Å². The Hall–Kier alpha value is -4.88. The Morgan fingerprint density at radius 3 is 1.66 bits per heavy atom. The van der Waals surface area contributed by atoms with E-state index in [-0.39, 0.29) is 39.7 Å². The summed E-state index contributed by atoms with van der Waals surface area (Å²) in [5.74, 6) is -2.83. The van der Waals surface area contributed by atoms with Gasteiger partial charge in [0.2, 0.25) is 0 Å². The zero-order valence-corrected chi connectivity index (χ0v) is 23.1. The second-order valence-corrected chi connectivity index (χ2v) is 11.9. The first-order valence-corrected chi connectivity index (χ1v) is 15.2. The van der Waals surface area contributed by atoms with Crippen molar-refractivity contribution in [3.63, 3.8) is 0 Å². The van der Waals surface area contributed by atoms with Gasteiger partial charge in [0.1, 0.15) is 28.6 Å². The van der Waals surface area contributed by atoms with E-state index in [0.29, 0.717) is 11.1 Å². The van der Waals surface area contributed by atoms with Crippen LogP contribution in [0.25, 0.3) is 22.3 Å². The fourth-order valence-corrected chi connectivity index (χ4v) is 4.89. The lowest BCUT2D eigenvalue weighted by molar-refractivity contribution is 0.0694. The first kappa shape index (κ1) is 29.1. The number of ether oxygens (including phenoxy) is 1. The number of hydrogen-bond donors (Lipinski definition) is 2. The molecule has 0 spiro atoms. The average Bonchev–Trinajstić information content (AvgIpc) is 2.87. The smallest absolute Gasteiger partial charge is 0.340 e. The number of carboxylic acid groups (broad SMARTS) is 2. The van der Waals surface area contributed by atoms with E-state index >= 15 is 0 Å². The van der Waals surface area contributed by atoms with Gasteiger partial charge in [0.05, 0.1) is 18.1 Å². The van der Waals surface area contributed by atoms with Gasteiger partial charge in [-0.2, -0.15) is 16.8 Å². The molecule has 13 heteroatoms. The summed E-state index contributed by atoms with van der Waals surface area (Å²) in [6.07, 6.45) is 1.77. The molecule has 0 unspecified atom stereocenters. The standard InChI is InChI=1S/C28H22O11S2/c1-40(33,34)38-21-7-3-5-18(15-21)17-9-11-20(12-10-17)37-24-14-13-23(27(29)30)25(26(24)28(31)32)19-6-4-8-22(16-19)39-41(2,35)36/h3-16H,1-2H3,(H,29,30)(H,31,32). The normalized spacial score (nSPS) is 11.5. The molecule has 0 aliphatic heterocycles. The Balaban J connectivity index is 1.73. The first-order chi connectivity index (χ1) is 19.2. The van der Waals surface area contributed by atoms with E-state index in [1.807, 2.05) is 0 Å². The molecule has 0 bridgehead atoms. The van der Waals surface area contributed by atoms with Gasteiger partial charge in [0.15, 0.2) is 0 Å². The fraction of sp³-hybridized carbons (Fsp3) is 0.0714. The number of hydrogen-bond acceptors (Lipinski definition) is 9. The number of aromatic carboxylic acids is 2. The Labute approximate surface area is 235 Å². The van der Waals surface area contributed by atoms with Crippen molar-refractivity contribution in [3.05, 3.63) is 96.1 Å². The van der Waals surface area contributed by atoms with E-state index in [9.17, 15) is 36.6 Å². The summed E-state index contributed by atoms with van der Waals surface area (Å²) in [5.41, 5.74) is 0.389. The van der Waals surface area contributed by atoms with E-state index in [0.717, 1.165) is 12.5 Å². The first-order valence-electron chi connectivity index (χ1n) is 11.6. The molecular weight excluding hydrogens is 576 g/mol. The molecular formula is C28H22O11S2. The van der Waals surface area contributed by atoms with E-state index in [1.165, 1.54) is 48.5 Å². The number of carbonyl (C=O) groups is 2. The SMILES string of the molecule is CS(=O)(=O)Oc1cccc(-c2ccc(Oc3ccc(C(=O)O)c(-c4cccc(OS(C)(=O)=O)c4)c3C(=O)O)cc2)c1. The molecule has 0 fully saturated rings. The molecule has 212 valence electrons. The highest BCUT2D eigenvalue weighted by atomic mass is 32.2. The van der Waals surface area contributed by atoms with Crippen LogP contribution in [0.15, 0.2) is 84.9 Å². The van der Waals surface area contributed by atoms with Crippen molar-refractivity contribution < 1.29 is 49.7 Å². The van der Waals surface area contributed by atoms with Gasteiger partial charge < -0.3 is 23.3 Å². The lowest BCUT2D eigenvalue weighted by Crippen LogP contribution is -2.09. The predicted molar refractivity (Wildman–Crippen MR) is 149 cm³/mol.